The molecule has 1 nitrogen and oxygen atoms in total. The van der Waals surface area contributed by atoms with E-state index in [1.807, 2.05) is 0 Å². The van der Waals surface area contributed by atoms with E-state index in [2.05, 4.69) is 13.8 Å². The van der Waals surface area contributed by atoms with Gasteiger partial charge in [0.05, 0.1) is 10.8 Å². The minimum atomic E-state index is 0.160. The van der Waals surface area contributed by atoms with Gasteiger partial charge in [-0.15, -0.1) is 23.2 Å². The number of halogens is 2. The van der Waals surface area contributed by atoms with Crippen LogP contribution in [0.3, 0.4) is 0 Å². The fraction of sp³-hybridized carbons (Fsp3) is 1.00. The third-order valence-corrected chi connectivity index (χ3v) is 3.34. The first-order valence-electron chi connectivity index (χ1n) is 5.14. The van der Waals surface area contributed by atoms with Crippen molar-refractivity contribution in [3.8, 4) is 0 Å². The molecule has 1 fully saturated rings. The topological polar surface area (TPSA) is 12.5 Å². The Bertz CT molecular complexity index is 136. The van der Waals surface area contributed by atoms with Gasteiger partial charge in [0.25, 0.3) is 0 Å². The van der Waals surface area contributed by atoms with E-state index in [4.69, 9.17) is 27.9 Å². The van der Waals surface area contributed by atoms with Gasteiger partial charge in [0, 0.05) is 0 Å². The second-order valence-corrected chi connectivity index (χ2v) is 4.80. The average molecular weight is 225 g/mol. The third-order valence-electron chi connectivity index (χ3n) is 2.40. The van der Waals surface area contributed by atoms with Gasteiger partial charge < -0.3 is 4.74 Å². The molecule has 0 aromatic rings. The van der Waals surface area contributed by atoms with Crippen molar-refractivity contribution < 1.29 is 4.74 Å². The zero-order valence-corrected chi connectivity index (χ0v) is 9.81. The zero-order valence-electron chi connectivity index (χ0n) is 8.30. The van der Waals surface area contributed by atoms with Gasteiger partial charge in [-0.25, -0.2) is 0 Å². The number of ether oxygens (including phenoxy) is 1. The lowest BCUT2D eigenvalue weighted by Crippen LogP contribution is -2.16. The maximum atomic E-state index is 6.13. The Kier molecular flexibility index (Phi) is 4.85. The van der Waals surface area contributed by atoms with E-state index in [9.17, 15) is 0 Å². The molecule has 0 aromatic carbocycles. The van der Waals surface area contributed by atoms with E-state index in [0.717, 1.165) is 25.7 Å². The van der Waals surface area contributed by atoms with E-state index in [-0.39, 0.29) is 23.0 Å². The van der Waals surface area contributed by atoms with Crippen LogP contribution in [-0.4, -0.2) is 23.0 Å². The molecule has 0 aromatic heterocycles. The van der Waals surface area contributed by atoms with E-state index in [1.54, 1.807) is 0 Å². The van der Waals surface area contributed by atoms with Gasteiger partial charge in [0.15, 0.2) is 0 Å². The summed E-state index contributed by atoms with van der Waals surface area (Å²) in [7, 11) is 0. The number of rotatable bonds is 6. The zero-order chi connectivity index (χ0) is 9.84. The molecule has 1 aliphatic rings. The van der Waals surface area contributed by atoms with Crippen molar-refractivity contribution in [2.75, 3.05) is 0 Å². The lowest BCUT2D eigenvalue weighted by Gasteiger charge is -2.05. The quantitative estimate of drug-likeness (QED) is 0.497. The molecule has 0 aliphatic carbocycles. The van der Waals surface area contributed by atoms with Crippen LogP contribution in [0, 0.1) is 0 Å². The monoisotopic (exact) mass is 224 g/mol. The molecule has 0 amide bonds. The summed E-state index contributed by atoms with van der Waals surface area (Å²) in [4.78, 5) is 0. The minimum Gasteiger partial charge on any atom is -0.366 e. The van der Waals surface area contributed by atoms with Gasteiger partial charge in [-0.1, -0.05) is 26.7 Å². The third kappa shape index (κ3) is 3.30. The van der Waals surface area contributed by atoms with Gasteiger partial charge in [-0.2, -0.15) is 0 Å². The highest BCUT2D eigenvalue weighted by Crippen LogP contribution is 2.36. The first kappa shape index (κ1) is 11.6. The molecule has 0 spiro atoms. The molecule has 0 bridgehead atoms. The number of alkyl halides is 2. The summed E-state index contributed by atoms with van der Waals surface area (Å²) in [6.45, 7) is 4.27. The molecule has 78 valence electrons. The molecule has 0 radical (unpaired) electrons. The van der Waals surface area contributed by atoms with Gasteiger partial charge in [-0.3, -0.25) is 0 Å². The highest BCUT2D eigenvalue weighted by atomic mass is 35.5. The number of hydrogen-bond acceptors (Lipinski definition) is 1. The van der Waals surface area contributed by atoms with Crippen LogP contribution in [0.25, 0.3) is 0 Å². The lowest BCUT2D eigenvalue weighted by atomic mass is 10.1. The summed E-state index contributed by atoms with van der Waals surface area (Å²) in [5.74, 6) is 0. The molecule has 0 saturated carbocycles. The minimum absolute atomic E-state index is 0.160. The molecule has 3 heteroatoms. The van der Waals surface area contributed by atoms with Crippen LogP contribution in [0.15, 0.2) is 0 Å². The molecule has 1 heterocycles. The van der Waals surface area contributed by atoms with Crippen molar-refractivity contribution in [3.63, 3.8) is 0 Å². The second-order valence-electron chi connectivity index (χ2n) is 3.67. The summed E-state index contributed by atoms with van der Waals surface area (Å²) < 4.78 is 5.48. The normalized spacial score (nSPS) is 31.4. The fourth-order valence-electron chi connectivity index (χ4n) is 1.60. The summed E-state index contributed by atoms with van der Waals surface area (Å²) in [6, 6.07) is 0. The van der Waals surface area contributed by atoms with Crippen LogP contribution in [0.5, 0.6) is 0 Å². The number of epoxide rings is 1. The predicted molar refractivity (Wildman–Crippen MR) is 57.8 cm³/mol. The molecule has 1 aliphatic heterocycles. The molecular weight excluding hydrogens is 207 g/mol. The van der Waals surface area contributed by atoms with Crippen LogP contribution < -0.4 is 0 Å². The SMILES string of the molecule is CCCC(Cl)C1OC1C(Cl)CCC. The van der Waals surface area contributed by atoms with E-state index in [1.165, 1.54) is 0 Å². The van der Waals surface area contributed by atoms with Gasteiger partial charge >= 0.3 is 0 Å². The van der Waals surface area contributed by atoms with Crippen LogP contribution in [-0.2, 0) is 4.74 Å². The maximum Gasteiger partial charge on any atom is 0.102 e. The molecule has 13 heavy (non-hydrogen) atoms. The second kappa shape index (κ2) is 5.43. The van der Waals surface area contributed by atoms with Crippen LogP contribution in [0.2, 0.25) is 0 Å². The summed E-state index contributed by atoms with van der Waals surface area (Å²) in [5.41, 5.74) is 0. The van der Waals surface area contributed by atoms with Crippen molar-refractivity contribution in [3.05, 3.63) is 0 Å². The van der Waals surface area contributed by atoms with E-state index in [0.29, 0.717) is 0 Å². The largest absolute Gasteiger partial charge is 0.366 e. The number of hydrogen-bond donors (Lipinski definition) is 0. The lowest BCUT2D eigenvalue weighted by molar-refractivity contribution is 0.354. The van der Waals surface area contributed by atoms with Gasteiger partial charge in [0.2, 0.25) is 0 Å². The predicted octanol–water partition coefficient (Wildman–Crippen LogP) is 3.57. The van der Waals surface area contributed by atoms with Crippen LogP contribution in [0.1, 0.15) is 39.5 Å². The standard InChI is InChI=1S/C10H18Cl2O/c1-3-5-7(11)9-10(13-9)8(12)6-4-2/h7-10H,3-6H2,1-2H3. The summed E-state index contributed by atoms with van der Waals surface area (Å²) in [6.07, 6.45) is 4.71. The molecule has 4 atom stereocenters. The van der Waals surface area contributed by atoms with Crippen molar-refractivity contribution in [1.29, 1.82) is 0 Å². The average Bonchev–Trinajstić information content (AvgIpc) is 2.84. The summed E-state index contributed by atoms with van der Waals surface area (Å²) >= 11 is 12.3. The molecule has 1 saturated heterocycles. The Balaban J connectivity index is 2.20. The van der Waals surface area contributed by atoms with E-state index >= 15 is 0 Å². The van der Waals surface area contributed by atoms with Crippen molar-refractivity contribution in [2.45, 2.75) is 62.5 Å². The molecular formula is C10H18Cl2O. The first-order chi connectivity index (χ1) is 6.20. The Hall–Kier alpha value is 0.540. The Labute approximate surface area is 90.7 Å². The van der Waals surface area contributed by atoms with Crippen molar-refractivity contribution in [2.24, 2.45) is 0 Å². The highest BCUT2D eigenvalue weighted by Gasteiger charge is 2.47. The molecule has 4 unspecified atom stereocenters. The maximum absolute atomic E-state index is 6.13. The smallest absolute Gasteiger partial charge is 0.102 e. The van der Waals surface area contributed by atoms with Crippen molar-refractivity contribution in [1.82, 2.24) is 0 Å². The fourth-order valence-corrected chi connectivity index (χ4v) is 2.44. The summed E-state index contributed by atoms with van der Waals surface area (Å²) in [5, 5.41) is 0.321. The van der Waals surface area contributed by atoms with Gasteiger partial charge in [0.1, 0.15) is 12.2 Å². The highest BCUT2D eigenvalue weighted by molar-refractivity contribution is 6.22. The Morgan fingerprint density at radius 2 is 1.38 bits per heavy atom. The van der Waals surface area contributed by atoms with Crippen LogP contribution >= 0.6 is 23.2 Å². The van der Waals surface area contributed by atoms with E-state index < -0.39 is 0 Å². The first-order valence-corrected chi connectivity index (χ1v) is 6.01. The Morgan fingerprint density at radius 1 is 1.00 bits per heavy atom. The van der Waals surface area contributed by atoms with Crippen molar-refractivity contribution >= 4 is 23.2 Å². The Morgan fingerprint density at radius 3 is 1.69 bits per heavy atom. The molecule has 1 rings (SSSR count). The molecule has 0 N–H and O–H groups in total. The van der Waals surface area contributed by atoms with Gasteiger partial charge in [-0.05, 0) is 12.8 Å². The van der Waals surface area contributed by atoms with Crippen LogP contribution in [0.4, 0.5) is 0 Å².